The fraction of sp³-hybridized carbons (Fsp3) is 0.0769. The van der Waals surface area contributed by atoms with Gasteiger partial charge in [0.15, 0.2) is 15.5 Å². The first-order chi connectivity index (χ1) is 9.93. The summed E-state index contributed by atoms with van der Waals surface area (Å²) < 4.78 is 24.7. The second kappa shape index (κ2) is 5.01. The number of hydrogen-bond donors (Lipinski definition) is 1. The van der Waals surface area contributed by atoms with E-state index >= 15 is 0 Å². The molecule has 0 aliphatic carbocycles. The van der Waals surface area contributed by atoms with Gasteiger partial charge in [-0.15, -0.1) is 5.10 Å². The van der Waals surface area contributed by atoms with Gasteiger partial charge in [0.2, 0.25) is 5.28 Å². The fourth-order valence-corrected chi connectivity index (χ4v) is 2.77. The molecule has 0 unspecified atom stereocenters. The number of halogens is 1. The lowest BCUT2D eigenvalue weighted by molar-refractivity contribution is 0.602. The Hall–Kier alpha value is -2.12. The third-order valence-corrected chi connectivity index (χ3v) is 4.15. The molecule has 108 valence electrons. The van der Waals surface area contributed by atoms with Crippen LogP contribution in [0.25, 0.3) is 5.65 Å². The Morgan fingerprint density at radius 2 is 2.05 bits per heavy atom. The van der Waals surface area contributed by atoms with E-state index in [0.717, 1.165) is 0 Å². The van der Waals surface area contributed by atoms with E-state index in [0.29, 0.717) is 17.0 Å². The van der Waals surface area contributed by atoms with Gasteiger partial charge in [0.05, 0.1) is 10.6 Å². The molecule has 21 heavy (non-hydrogen) atoms. The minimum Gasteiger partial charge on any atom is -0.352 e. The molecule has 0 aliphatic heterocycles. The number of rotatable bonds is 3. The summed E-state index contributed by atoms with van der Waals surface area (Å²) in [6, 6.07) is 10.2. The molecule has 0 atom stereocenters. The largest absolute Gasteiger partial charge is 0.352 e. The standard InChI is InChI=1S/C13H11ClN4O2S/c1-21(19,20)10-5-2-4-9(8-10)15-11-6-3-7-18-12(11)16-13(14)17-18/h2-8,15H,1H3. The van der Waals surface area contributed by atoms with Crippen molar-refractivity contribution in [2.24, 2.45) is 0 Å². The maximum absolute atomic E-state index is 11.6. The highest BCUT2D eigenvalue weighted by Crippen LogP contribution is 2.23. The third kappa shape index (κ3) is 2.84. The highest BCUT2D eigenvalue weighted by molar-refractivity contribution is 7.90. The molecule has 1 aromatic carbocycles. The molecule has 0 bridgehead atoms. The van der Waals surface area contributed by atoms with E-state index in [4.69, 9.17) is 11.6 Å². The van der Waals surface area contributed by atoms with Crippen molar-refractivity contribution in [1.29, 1.82) is 0 Å². The number of nitrogens with zero attached hydrogens (tertiary/aromatic N) is 3. The van der Waals surface area contributed by atoms with Crippen LogP contribution >= 0.6 is 11.6 Å². The van der Waals surface area contributed by atoms with Crippen molar-refractivity contribution in [1.82, 2.24) is 14.6 Å². The van der Waals surface area contributed by atoms with E-state index in [-0.39, 0.29) is 10.2 Å². The van der Waals surface area contributed by atoms with Gasteiger partial charge in [0.25, 0.3) is 0 Å². The average molecular weight is 323 g/mol. The van der Waals surface area contributed by atoms with Gasteiger partial charge in [-0.05, 0) is 41.9 Å². The van der Waals surface area contributed by atoms with Crippen molar-refractivity contribution in [2.75, 3.05) is 11.6 Å². The van der Waals surface area contributed by atoms with Crippen LogP contribution in [0.1, 0.15) is 0 Å². The zero-order valence-electron chi connectivity index (χ0n) is 11.0. The van der Waals surface area contributed by atoms with Gasteiger partial charge >= 0.3 is 0 Å². The smallest absolute Gasteiger partial charge is 0.243 e. The van der Waals surface area contributed by atoms with Crippen molar-refractivity contribution >= 4 is 38.5 Å². The third-order valence-electron chi connectivity index (χ3n) is 2.88. The van der Waals surface area contributed by atoms with Gasteiger partial charge < -0.3 is 5.32 Å². The van der Waals surface area contributed by atoms with Crippen molar-refractivity contribution in [2.45, 2.75) is 4.90 Å². The second-order valence-electron chi connectivity index (χ2n) is 4.50. The molecule has 0 saturated carbocycles. The van der Waals surface area contributed by atoms with Crippen LogP contribution in [0.5, 0.6) is 0 Å². The van der Waals surface area contributed by atoms with Crippen LogP contribution in [0.15, 0.2) is 47.5 Å². The summed E-state index contributed by atoms with van der Waals surface area (Å²) in [5, 5.41) is 7.28. The number of benzene rings is 1. The molecular formula is C13H11ClN4O2S. The Labute approximate surface area is 126 Å². The topological polar surface area (TPSA) is 76.4 Å². The zero-order valence-corrected chi connectivity index (χ0v) is 12.6. The Morgan fingerprint density at radius 1 is 1.24 bits per heavy atom. The number of sulfone groups is 1. The first-order valence-electron chi connectivity index (χ1n) is 6.01. The van der Waals surface area contributed by atoms with E-state index < -0.39 is 9.84 Å². The van der Waals surface area contributed by atoms with Gasteiger partial charge in [-0.3, -0.25) is 0 Å². The quantitative estimate of drug-likeness (QED) is 0.802. The summed E-state index contributed by atoms with van der Waals surface area (Å²) in [6.45, 7) is 0. The minimum atomic E-state index is -3.25. The van der Waals surface area contributed by atoms with Gasteiger partial charge in [0, 0.05) is 18.1 Å². The van der Waals surface area contributed by atoms with Gasteiger partial charge in [-0.25, -0.2) is 12.9 Å². The predicted molar refractivity (Wildman–Crippen MR) is 80.8 cm³/mol. The molecule has 2 heterocycles. The van der Waals surface area contributed by atoms with Gasteiger partial charge in [-0.2, -0.15) is 4.98 Å². The molecule has 3 rings (SSSR count). The Morgan fingerprint density at radius 3 is 2.81 bits per heavy atom. The van der Waals surface area contributed by atoms with Crippen molar-refractivity contribution in [3.63, 3.8) is 0 Å². The highest BCUT2D eigenvalue weighted by atomic mass is 35.5. The average Bonchev–Trinajstić information content (AvgIpc) is 2.80. The van der Waals surface area contributed by atoms with Crippen LogP contribution in [0.3, 0.4) is 0 Å². The summed E-state index contributed by atoms with van der Waals surface area (Å²) in [5.74, 6) is 0. The molecule has 0 amide bonds. The molecule has 0 spiro atoms. The van der Waals surface area contributed by atoms with Crippen molar-refractivity contribution in [3.05, 3.63) is 47.9 Å². The minimum absolute atomic E-state index is 0.147. The molecule has 8 heteroatoms. The maximum atomic E-state index is 11.6. The summed E-state index contributed by atoms with van der Waals surface area (Å²) in [6.07, 6.45) is 2.90. The lowest BCUT2D eigenvalue weighted by Crippen LogP contribution is -1.99. The number of fused-ring (bicyclic) bond motifs is 1. The molecule has 1 N–H and O–H groups in total. The highest BCUT2D eigenvalue weighted by Gasteiger charge is 2.09. The lowest BCUT2D eigenvalue weighted by Gasteiger charge is -2.08. The second-order valence-corrected chi connectivity index (χ2v) is 6.85. The maximum Gasteiger partial charge on any atom is 0.243 e. The van der Waals surface area contributed by atoms with E-state index in [1.54, 1.807) is 41.0 Å². The Bertz CT molecular complexity index is 921. The SMILES string of the molecule is CS(=O)(=O)c1cccc(Nc2cccn3nc(Cl)nc23)c1. The van der Waals surface area contributed by atoms with Gasteiger partial charge in [0.1, 0.15) is 0 Å². The van der Waals surface area contributed by atoms with E-state index in [9.17, 15) is 8.42 Å². The van der Waals surface area contributed by atoms with Crippen molar-refractivity contribution < 1.29 is 8.42 Å². The van der Waals surface area contributed by atoms with E-state index in [2.05, 4.69) is 15.4 Å². The van der Waals surface area contributed by atoms with Crippen LogP contribution in [-0.4, -0.2) is 29.3 Å². The number of anilines is 2. The molecule has 2 aromatic heterocycles. The molecule has 0 fully saturated rings. The lowest BCUT2D eigenvalue weighted by atomic mass is 10.3. The van der Waals surface area contributed by atoms with Crippen molar-refractivity contribution in [3.8, 4) is 0 Å². The predicted octanol–water partition coefficient (Wildman–Crippen LogP) is 2.53. The van der Waals surface area contributed by atoms with Gasteiger partial charge in [-0.1, -0.05) is 6.07 Å². The molecular weight excluding hydrogens is 312 g/mol. The summed E-state index contributed by atoms with van der Waals surface area (Å²) in [7, 11) is -3.25. The first-order valence-corrected chi connectivity index (χ1v) is 8.28. The molecule has 0 saturated heterocycles. The molecule has 6 nitrogen and oxygen atoms in total. The summed E-state index contributed by atoms with van der Waals surface area (Å²) >= 11 is 5.79. The molecule has 3 aromatic rings. The summed E-state index contributed by atoms with van der Waals surface area (Å²) in [5.41, 5.74) is 1.89. The number of aromatic nitrogens is 3. The van der Waals surface area contributed by atoms with Crippen LogP contribution in [0, 0.1) is 0 Å². The normalized spacial score (nSPS) is 11.7. The zero-order chi connectivity index (χ0) is 15.0. The fourth-order valence-electron chi connectivity index (χ4n) is 1.94. The van der Waals surface area contributed by atoms with Crippen LogP contribution < -0.4 is 5.32 Å². The molecule has 0 radical (unpaired) electrons. The van der Waals surface area contributed by atoms with Crippen LogP contribution in [0.2, 0.25) is 5.28 Å². The summed E-state index contributed by atoms with van der Waals surface area (Å²) in [4.78, 5) is 4.37. The van der Waals surface area contributed by atoms with E-state index in [1.165, 1.54) is 6.26 Å². The number of hydrogen-bond acceptors (Lipinski definition) is 5. The number of pyridine rings is 1. The van der Waals surface area contributed by atoms with E-state index in [1.807, 2.05) is 6.07 Å². The monoisotopic (exact) mass is 322 g/mol. The first kappa shape index (κ1) is 13.8. The van der Waals surface area contributed by atoms with Crippen LogP contribution in [-0.2, 0) is 9.84 Å². The van der Waals surface area contributed by atoms with Crippen LogP contribution in [0.4, 0.5) is 11.4 Å². The molecule has 0 aliphatic rings. The Balaban J connectivity index is 2.03. The number of nitrogens with one attached hydrogen (secondary N) is 1. The Kier molecular flexibility index (Phi) is 3.30.